The fourth-order valence-electron chi connectivity index (χ4n) is 2.81. The fourth-order valence-corrected chi connectivity index (χ4v) is 3.12. The molecule has 21 heavy (non-hydrogen) atoms. The zero-order chi connectivity index (χ0) is 15.4. The molecule has 0 N–H and O–H groups in total. The summed E-state index contributed by atoms with van der Waals surface area (Å²) < 4.78 is 0. The number of alkyl halides is 1. The van der Waals surface area contributed by atoms with Crippen LogP contribution in [0.2, 0.25) is 0 Å². The lowest BCUT2D eigenvalue weighted by Gasteiger charge is -2.32. The zero-order valence-corrected chi connectivity index (χ0v) is 12.8. The molecular formula is C15H19ClN2O3. The van der Waals surface area contributed by atoms with Crippen molar-refractivity contribution in [2.24, 2.45) is 5.92 Å². The number of carbonyl (C=O) groups is 1. The van der Waals surface area contributed by atoms with E-state index in [0.717, 1.165) is 24.8 Å². The van der Waals surface area contributed by atoms with Crippen molar-refractivity contribution in [3.63, 3.8) is 0 Å². The number of aryl methyl sites for hydroxylation is 1. The van der Waals surface area contributed by atoms with Gasteiger partial charge in [0.25, 0.3) is 11.6 Å². The summed E-state index contributed by atoms with van der Waals surface area (Å²) in [6, 6.07) is 4.55. The first kappa shape index (κ1) is 15.8. The number of halogens is 1. The maximum Gasteiger partial charge on any atom is 0.270 e. The van der Waals surface area contributed by atoms with Crippen molar-refractivity contribution in [3.8, 4) is 0 Å². The minimum atomic E-state index is -0.462. The number of amides is 1. The second-order valence-corrected chi connectivity index (χ2v) is 5.93. The first-order valence-corrected chi connectivity index (χ1v) is 7.66. The molecule has 1 aromatic rings. The Morgan fingerprint density at radius 3 is 2.90 bits per heavy atom. The first-order valence-electron chi connectivity index (χ1n) is 7.12. The quantitative estimate of drug-likeness (QED) is 0.486. The predicted octanol–water partition coefficient (Wildman–Crippen LogP) is 3.38. The third-order valence-electron chi connectivity index (χ3n) is 3.84. The number of benzene rings is 1. The molecule has 1 aromatic carbocycles. The molecule has 0 aliphatic carbocycles. The zero-order valence-electron chi connectivity index (χ0n) is 12.0. The highest BCUT2D eigenvalue weighted by Crippen LogP contribution is 2.23. The standard InChI is InChI=1S/C15H19ClN2O3/c1-11-7-13(9-14(8-11)18(20)21)15(19)17-6-2-3-12(10-17)4-5-16/h7-9,12H,2-6,10H2,1H3. The molecule has 1 aliphatic rings. The maximum absolute atomic E-state index is 12.5. The van der Waals surface area contributed by atoms with Gasteiger partial charge in [0.15, 0.2) is 0 Å². The topological polar surface area (TPSA) is 63.5 Å². The molecule has 1 aliphatic heterocycles. The molecule has 1 atom stereocenters. The lowest BCUT2D eigenvalue weighted by Crippen LogP contribution is -2.40. The molecule has 0 aromatic heterocycles. The van der Waals surface area contributed by atoms with Gasteiger partial charge >= 0.3 is 0 Å². The van der Waals surface area contributed by atoms with E-state index in [4.69, 9.17) is 11.6 Å². The van der Waals surface area contributed by atoms with Crippen molar-refractivity contribution in [1.29, 1.82) is 0 Å². The van der Waals surface area contributed by atoms with Gasteiger partial charge in [-0.15, -0.1) is 11.6 Å². The van der Waals surface area contributed by atoms with E-state index in [1.54, 1.807) is 17.9 Å². The van der Waals surface area contributed by atoms with Crippen LogP contribution < -0.4 is 0 Å². The Morgan fingerprint density at radius 2 is 2.24 bits per heavy atom. The summed E-state index contributed by atoms with van der Waals surface area (Å²) in [5, 5.41) is 10.9. The average Bonchev–Trinajstić information content (AvgIpc) is 2.46. The molecule has 0 spiro atoms. The predicted molar refractivity (Wildman–Crippen MR) is 81.8 cm³/mol. The number of likely N-dealkylation sites (tertiary alicyclic amines) is 1. The van der Waals surface area contributed by atoms with E-state index in [-0.39, 0.29) is 11.6 Å². The average molecular weight is 311 g/mol. The van der Waals surface area contributed by atoms with Gasteiger partial charge in [-0.1, -0.05) is 0 Å². The summed E-state index contributed by atoms with van der Waals surface area (Å²) in [4.78, 5) is 24.8. The van der Waals surface area contributed by atoms with Crippen molar-refractivity contribution in [1.82, 2.24) is 4.90 Å². The molecule has 1 unspecified atom stereocenters. The van der Waals surface area contributed by atoms with Crippen LogP contribution in [0.1, 0.15) is 35.2 Å². The van der Waals surface area contributed by atoms with Crippen LogP contribution >= 0.6 is 11.6 Å². The van der Waals surface area contributed by atoms with Crippen LogP contribution in [0.3, 0.4) is 0 Å². The van der Waals surface area contributed by atoms with Gasteiger partial charge in [-0.2, -0.15) is 0 Å². The summed E-state index contributed by atoms with van der Waals surface area (Å²) >= 11 is 5.78. The summed E-state index contributed by atoms with van der Waals surface area (Å²) in [6.45, 7) is 3.16. The monoisotopic (exact) mass is 310 g/mol. The number of carbonyl (C=O) groups excluding carboxylic acids is 1. The highest BCUT2D eigenvalue weighted by molar-refractivity contribution is 6.17. The highest BCUT2D eigenvalue weighted by Gasteiger charge is 2.25. The number of nitro groups is 1. The molecule has 0 bridgehead atoms. The van der Waals surface area contributed by atoms with E-state index in [1.807, 2.05) is 0 Å². The fraction of sp³-hybridized carbons (Fsp3) is 0.533. The van der Waals surface area contributed by atoms with E-state index >= 15 is 0 Å². The molecule has 1 saturated heterocycles. The number of non-ortho nitro benzene ring substituents is 1. The number of rotatable bonds is 4. The summed E-state index contributed by atoms with van der Waals surface area (Å²) in [5.41, 5.74) is 1.09. The molecule has 114 valence electrons. The first-order chi connectivity index (χ1) is 10.0. The Labute approximate surface area is 129 Å². The van der Waals surface area contributed by atoms with Crippen LogP contribution in [0.25, 0.3) is 0 Å². The molecule has 1 fully saturated rings. The number of nitro benzene ring substituents is 1. The molecule has 0 saturated carbocycles. The van der Waals surface area contributed by atoms with E-state index in [9.17, 15) is 14.9 Å². The maximum atomic E-state index is 12.5. The molecule has 1 heterocycles. The second kappa shape index (κ2) is 6.89. The number of hydrogen-bond donors (Lipinski definition) is 0. The minimum Gasteiger partial charge on any atom is -0.338 e. The van der Waals surface area contributed by atoms with Crippen LogP contribution in [0.5, 0.6) is 0 Å². The van der Waals surface area contributed by atoms with Gasteiger partial charge in [0, 0.05) is 36.7 Å². The van der Waals surface area contributed by atoms with E-state index in [2.05, 4.69) is 0 Å². The van der Waals surface area contributed by atoms with Crippen molar-refractivity contribution in [2.75, 3.05) is 19.0 Å². The number of hydrogen-bond acceptors (Lipinski definition) is 3. The molecule has 6 heteroatoms. The Morgan fingerprint density at radius 1 is 1.48 bits per heavy atom. The molecular weight excluding hydrogens is 292 g/mol. The third kappa shape index (κ3) is 3.94. The number of piperidine rings is 1. The van der Waals surface area contributed by atoms with Gasteiger partial charge in [0.2, 0.25) is 0 Å². The molecule has 2 rings (SSSR count). The third-order valence-corrected chi connectivity index (χ3v) is 4.06. The van der Waals surface area contributed by atoms with Crippen molar-refractivity contribution >= 4 is 23.2 Å². The van der Waals surface area contributed by atoms with E-state index in [0.29, 0.717) is 30.5 Å². The molecule has 5 nitrogen and oxygen atoms in total. The Bertz CT molecular complexity index is 546. The molecule has 1 amide bonds. The summed E-state index contributed by atoms with van der Waals surface area (Å²) in [7, 11) is 0. The summed E-state index contributed by atoms with van der Waals surface area (Å²) in [6.07, 6.45) is 2.95. The summed E-state index contributed by atoms with van der Waals surface area (Å²) in [5.74, 6) is 0.906. The van der Waals surface area contributed by atoms with Crippen LogP contribution in [0, 0.1) is 23.0 Å². The van der Waals surface area contributed by atoms with Gasteiger partial charge in [-0.25, -0.2) is 0 Å². The van der Waals surface area contributed by atoms with Crippen LogP contribution in [0.4, 0.5) is 5.69 Å². The Hall–Kier alpha value is -1.62. The molecule has 0 radical (unpaired) electrons. The van der Waals surface area contributed by atoms with Gasteiger partial charge in [-0.05, 0) is 43.7 Å². The lowest BCUT2D eigenvalue weighted by molar-refractivity contribution is -0.384. The second-order valence-electron chi connectivity index (χ2n) is 5.55. The van der Waals surface area contributed by atoms with Crippen LogP contribution in [-0.4, -0.2) is 34.7 Å². The van der Waals surface area contributed by atoms with Gasteiger partial charge in [0.1, 0.15) is 0 Å². The highest BCUT2D eigenvalue weighted by atomic mass is 35.5. The van der Waals surface area contributed by atoms with E-state index in [1.165, 1.54) is 12.1 Å². The van der Waals surface area contributed by atoms with Crippen LogP contribution in [0.15, 0.2) is 18.2 Å². The normalized spacial score (nSPS) is 18.6. The smallest absolute Gasteiger partial charge is 0.270 e. The van der Waals surface area contributed by atoms with Crippen LogP contribution in [-0.2, 0) is 0 Å². The van der Waals surface area contributed by atoms with Gasteiger partial charge in [-0.3, -0.25) is 14.9 Å². The SMILES string of the molecule is Cc1cc(C(=O)N2CCCC(CCCl)C2)cc([N+](=O)[O-])c1. The van der Waals surface area contributed by atoms with Gasteiger partial charge < -0.3 is 4.90 Å². The lowest BCUT2D eigenvalue weighted by atomic mass is 9.95. The van der Waals surface area contributed by atoms with Crippen molar-refractivity contribution < 1.29 is 9.72 Å². The van der Waals surface area contributed by atoms with E-state index < -0.39 is 4.92 Å². The Balaban J connectivity index is 2.17. The Kier molecular flexibility index (Phi) is 5.17. The minimum absolute atomic E-state index is 0.0346. The van der Waals surface area contributed by atoms with Crippen molar-refractivity contribution in [2.45, 2.75) is 26.2 Å². The van der Waals surface area contributed by atoms with Gasteiger partial charge in [0.05, 0.1) is 4.92 Å². The largest absolute Gasteiger partial charge is 0.338 e. The number of nitrogens with zero attached hydrogens (tertiary/aromatic N) is 2. The van der Waals surface area contributed by atoms with Crippen molar-refractivity contribution in [3.05, 3.63) is 39.4 Å².